The lowest BCUT2D eigenvalue weighted by Gasteiger charge is -2.10. The van der Waals surface area contributed by atoms with Gasteiger partial charge < -0.3 is 0 Å². The maximum atomic E-state index is 12.3. The van der Waals surface area contributed by atoms with E-state index in [0.717, 1.165) is 11.4 Å². The van der Waals surface area contributed by atoms with Crippen LogP contribution in [-0.2, 0) is 0 Å². The molecule has 3 aromatic rings. The van der Waals surface area contributed by atoms with E-state index in [4.69, 9.17) is 0 Å². The van der Waals surface area contributed by atoms with Crippen LogP contribution in [0.1, 0.15) is 20.7 Å². The van der Waals surface area contributed by atoms with Crippen molar-refractivity contribution in [1.29, 1.82) is 0 Å². The van der Waals surface area contributed by atoms with Gasteiger partial charge in [-0.25, -0.2) is 0 Å². The molecule has 3 aromatic carbocycles. The summed E-state index contributed by atoms with van der Waals surface area (Å²) in [5.41, 5.74) is 13.1. The Bertz CT molecular complexity index is 812. The zero-order valence-electron chi connectivity index (χ0n) is 13.9. The lowest BCUT2D eigenvalue weighted by Crippen LogP contribution is -2.31. The van der Waals surface area contributed by atoms with E-state index < -0.39 is 0 Å². The van der Waals surface area contributed by atoms with Crippen molar-refractivity contribution in [1.82, 2.24) is 10.9 Å². The molecule has 0 unspecified atom stereocenters. The SMILES string of the molecule is O=C(NNc1ccccc1)c1cccc(C(=O)NNc2ccccc2)c1. The van der Waals surface area contributed by atoms with Crippen LogP contribution in [0, 0.1) is 0 Å². The third kappa shape index (κ3) is 4.61. The Balaban J connectivity index is 1.60. The number of hydrazine groups is 2. The molecule has 6 heteroatoms. The van der Waals surface area contributed by atoms with Crippen molar-refractivity contribution in [2.75, 3.05) is 10.9 Å². The van der Waals surface area contributed by atoms with Crippen LogP contribution in [0.15, 0.2) is 84.9 Å². The molecule has 0 spiro atoms. The predicted molar refractivity (Wildman–Crippen MR) is 102 cm³/mol. The molecule has 26 heavy (non-hydrogen) atoms. The number of carbonyl (C=O) groups excluding carboxylic acids is 2. The smallest absolute Gasteiger partial charge is 0.269 e. The summed E-state index contributed by atoms with van der Waals surface area (Å²) < 4.78 is 0. The first-order chi connectivity index (χ1) is 12.7. The van der Waals surface area contributed by atoms with Gasteiger partial charge in [-0.3, -0.25) is 31.3 Å². The van der Waals surface area contributed by atoms with Gasteiger partial charge in [0.25, 0.3) is 11.8 Å². The molecule has 0 heterocycles. The third-order valence-electron chi connectivity index (χ3n) is 3.58. The summed E-state index contributed by atoms with van der Waals surface area (Å²) in [5.74, 6) is -0.668. The monoisotopic (exact) mass is 346 g/mol. The van der Waals surface area contributed by atoms with E-state index in [0.29, 0.717) is 11.1 Å². The number of anilines is 2. The second-order valence-electron chi connectivity index (χ2n) is 5.47. The number of amides is 2. The Labute approximate surface area is 151 Å². The molecule has 4 N–H and O–H groups in total. The van der Waals surface area contributed by atoms with E-state index in [2.05, 4.69) is 21.7 Å². The van der Waals surface area contributed by atoms with Gasteiger partial charge in [0.2, 0.25) is 0 Å². The molecule has 0 saturated carbocycles. The highest BCUT2D eigenvalue weighted by molar-refractivity contribution is 6.00. The molecule has 3 rings (SSSR count). The zero-order chi connectivity index (χ0) is 18.2. The van der Waals surface area contributed by atoms with Gasteiger partial charge in [-0.05, 0) is 42.5 Å². The molecule has 0 aliphatic carbocycles. The molecule has 0 aromatic heterocycles. The molecule has 2 amide bonds. The summed E-state index contributed by atoms with van der Waals surface area (Å²) in [4.78, 5) is 24.5. The summed E-state index contributed by atoms with van der Waals surface area (Å²) >= 11 is 0. The van der Waals surface area contributed by atoms with Crippen LogP contribution >= 0.6 is 0 Å². The largest absolute Gasteiger partial charge is 0.298 e. The van der Waals surface area contributed by atoms with E-state index in [1.165, 1.54) is 6.07 Å². The van der Waals surface area contributed by atoms with Crippen molar-refractivity contribution in [3.8, 4) is 0 Å². The van der Waals surface area contributed by atoms with Crippen LogP contribution in [0.2, 0.25) is 0 Å². The average molecular weight is 346 g/mol. The van der Waals surface area contributed by atoms with Crippen LogP contribution < -0.4 is 21.7 Å². The minimum atomic E-state index is -0.334. The van der Waals surface area contributed by atoms with Crippen molar-refractivity contribution in [2.45, 2.75) is 0 Å². The minimum absolute atomic E-state index is 0.334. The molecule has 0 bridgehead atoms. The van der Waals surface area contributed by atoms with Gasteiger partial charge in [0.15, 0.2) is 0 Å². The highest BCUT2D eigenvalue weighted by atomic mass is 16.2. The van der Waals surface area contributed by atoms with Gasteiger partial charge in [0.1, 0.15) is 0 Å². The molecule has 0 aliphatic rings. The maximum Gasteiger partial charge on any atom is 0.269 e. The Morgan fingerprint density at radius 2 is 0.962 bits per heavy atom. The lowest BCUT2D eigenvalue weighted by molar-refractivity contribution is 0.0962. The predicted octanol–water partition coefficient (Wildman–Crippen LogP) is 3.20. The maximum absolute atomic E-state index is 12.3. The molecular formula is C20H18N4O2. The fourth-order valence-corrected chi connectivity index (χ4v) is 2.25. The second-order valence-corrected chi connectivity index (χ2v) is 5.47. The van der Waals surface area contributed by atoms with Crippen LogP contribution in [0.25, 0.3) is 0 Å². The number of benzene rings is 3. The van der Waals surface area contributed by atoms with Crippen molar-refractivity contribution in [3.05, 3.63) is 96.1 Å². The number of para-hydroxylation sites is 2. The number of hydrogen-bond acceptors (Lipinski definition) is 4. The standard InChI is InChI=1S/C20H18N4O2/c25-19(23-21-17-10-3-1-4-11-17)15-8-7-9-16(14-15)20(26)24-22-18-12-5-2-6-13-18/h1-14,21-22H,(H,23,25)(H,24,26). The summed E-state index contributed by atoms with van der Waals surface area (Å²) in [7, 11) is 0. The van der Waals surface area contributed by atoms with Gasteiger partial charge in [-0.2, -0.15) is 0 Å². The van der Waals surface area contributed by atoms with E-state index >= 15 is 0 Å². The zero-order valence-corrected chi connectivity index (χ0v) is 13.9. The number of rotatable bonds is 6. The second kappa shape index (κ2) is 8.34. The molecule has 6 nitrogen and oxygen atoms in total. The fraction of sp³-hybridized carbons (Fsp3) is 0. The molecule has 0 atom stereocenters. The highest BCUT2D eigenvalue weighted by Gasteiger charge is 2.10. The normalized spacial score (nSPS) is 9.85. The summed E-state index contributed by atoms with van der Waals surface area (Å²) in [6.07, 6.45) is 0. The van der Waals surface area contributed by atoms with Crippen molar-refractivity contribution in [3.63, 3.8) is 0 Å². The Kier molecular flexibility index (Phi) is 5.47. The summed E-state index contributed by atoms with van der Waals surface area (Å²) in [6, 6.07) is 25.0. The molecule has 0 radical (unpaired) electrons. The summed E-state index contributed by atoms with van der Waals surface area (Å²) in [5, 5.41) is 0. The van der Waals surface area contributed by atoms with E-state index in [1.54, 1.807) is 18.2 Å². The molecule has 0 aliphatic heterocycles. The van der Waals surface area contributed by atoms with Crippen molar-refractivity contribution in [2.24, 2.45) is 0 Å². The van der Waals surface area contributed by atoms with E-state index in [-0.39, 0.29) is 11.8 Å². The van der Waals surface area contributed by atoms with Crippen molar-refractivity contribution >= 4 is 23.2 Å². The number of carbonyl (C=O) groups is 2. The van der Waals surface area contributed by atoms with Crippen LogP contribution in [0.4, 0.5) is 11.4 Å². The van der Waals surface area contributed by atoms with Gasteiger partial charge in [-0.1, -0.05) is 42.5 Å². The van der Waals surface area contributed by atoms with Gasteiger partial charge in [-0.15, -0.1) is 0 Å². The quantitative estimate of drug-likeness (QED) is 0.517. The first-order valence-corrected chi connectivity index (χ1v) is 8.05. The number of hydrogen-bond donors (Lipinski definition) is 4. The Morgan fingerprint density at radius 1 is 0.538 bits per heavy atom. The van der Waals surface area contributed by atoms with Gasteiger partial charge >= 0.3 is 0 Å². The topological polar surface area (TPSA) is 82.3 Å². The van der Waals surface area contributed by atoms with Gasteiger partial charge in [0.05, 0.1) is 11.4 Å². The first-order valence-electron chi connectivity index (χ1n) is 8.05. The molecule has 0 saturated heterocycles. The Morgan fingerprint density at radius 3 is 1.38 bits per heavy atom. The molecular weight excluding hydrogens is 328 g/mol. The fourth-order valence-electron chi connectivity index (χ4n) is 2.25. The van der Waals surface area contributed by atoms with Gasteiger partial charge in [0, 0.05) is 11.1 Å². The Hall–Kier alpha value is -3.80. The molecule has 0 fully saturated rings. The molecule has 130 valence electrons. The minimum Gasteiger partial charge on any atom is -0.298 e. The lowest BCUT2D eigenvalue weighted by atomic mass is 10.1. The average Bonchev–Trinajstić information content (AvgIpc) is 2.72. The first kappa shape index (κ1) is 17.0. The van der Waals surface area contributed by atoms with E-state index in [9.17, 15) is 9.59 Å². The van der Waals surface area contributed by atoms with Crippen LogP contribution in [0.5, 0.6) is 0 Å². The number of nitrogens with one attached hydrogen (secondary N) is 4. The van der Waals surface area contributed by atoms with Crippen LogP contribution in [-0.4, -0.2) is 11.8 Å². The highest BCUT2D eigenvalue weighted by Crippen LogP contribution is 2.08. The third-order valence-corrected chi connectivity index (χ3v) is 3.58. The summed E-state index contributed by atoms with van der Waals surface area (Å²) in [6.45, 7) is 0. The van der Waals surface area contributed by atoms with Crippen molar-refractivity contribution < 1.29 is 9.59 Å². The van der Waals surface area contributed by atoms with E-state index in [1.807, 2.05) is 60.7 Å². The van der Waals surface area contributed by atoms with Crippen LogP contribution in [0.3, 0.4) is 0 Å².